The van der Waals surface area contributed by atoms with E-state index in [2.05, 4.69) is 5.32 Å². The van der Waals surface area contributed by atoms with Gasteiger partial charge in [0.05, 0.1) is 14.2 Å². The Labute approximate surface area is 149 Å². The summed E-state index contributed by atoms with van der Waals surface area (Å²) in [5.74, 6) is 1.54. The second-order valence-corrected chi connectivity index (χ2v) is 6.38. The van der Waals surface area contributed by atoms with Crippen LogP contribution in [0.1, 0.15) is 43.0 Å². The number of hydrogen-bond acceptors (Lipinski definition) is 4. The highest BCUT2D eigenvalue weighted by molar-refractivity contribution is 5.95. The maximum atomic E-state index is 12.8. The van der Waals surface area contributed by atoms with Crippen molar-refractivity contribution in [2.24, 2.45) is 5.92 Å². The fraction of sp³-hybridized carbons (Fsp3) is 0.579. The van der Waals surface area contributed by atoms with E-state index in [1.807, 2.05) is 11.8 Å². The molecule has 1 heterocycles. The van der Waals surface area contributed by atoms with Crippen LogP contribution in [0.2, 0.25) is 0 Å². The van der Waals surface area contributed by atoms with Crippen molar-refractivity contribution in [2.75, 3.05) is 33.9 Å². The van der Waals surface area contributed by atoms with Crippen LogP contribution in [0.3, 0.4) is 0 Å². The Morgan fingerprint density at radius 2 is 2.00 bits per heavy atom. The third-order valence-electron chi connectivity index (χ3n) is 4.50. The quantitative estimate of drug-likeness (QED) is 0.822. The molecule has 0 spiro atoms. The molecule has 1 aliphatic heterocycles. The minimum Gasteiger partial charge on any atom is -0.493 e. The van der Waals surface area contributed by atoms with Gasteiger partial charge >= 0.3 is 0 Å². The second-order valence-electron chi connectivity index (χ2n) is 6.38. The minimum absolute atomic E-state index is 0.00876. The molecule has 1 aromatic rings. The molecule has 0 unspecified atom stereocenters. The van der Waals surface area contributed by atoms with Gasteiger partial charge in [0.15, 0.2) is 11.5 Å². The van der Waals surface area contributed by atoms with Crippen molar-refractivity contribution in [3.8, 4) is 11.5 Å². The number of carbonyl (C=O) groups is 2. The number of hydrogen-bond donors (Lipinski definition) is 1. The molecule has 6 nitrogen and oxygen atoms in total. The normalized spacial score (nSPS) is 17.1. The zero-order chi connectivity index (χ0) is 18.2. The van der Waals surface area contributed by atoms with Crippen LogP contribution >= 0.6 is 0 Å². The molecule has 2 amide bonds. The number of methoxy groups -OCH3 is 2. The van der Waals surface area contributed by atoms with Gasteiger partial charge in [0.2, 0.25) is 5.91 Å². The van der Waals surface area contributed by atoms with E-state index in [1.54, 1.807) is 32.4 Å². The number of carbonyl (C=O) groups excluding carboxylic acids is 2. The highest BCUT2D eigenvalue weighted by atomic mass is 16.5. The highest BCUT2D eigenvalue weighted by Gasteiger charge is 2.25. The topological polar surface area (TPSA) is 67.9 Å². The Bertz CT molecular complexity index is 603. The Kier molecular flexibility index (Phi) is 7.10. The first kappa shape index (κ1) is 19.1. The van der Waals surface area contributed by atoms with Crippen molar-refractivity contribution in [2.45, 2.75) is 32.6 Å². The van der Waals surface area contributed by atoms with Crippen molar-refractivity contribution in [3.05, 3.63) is 23.8 Å². The van der Waals surface area contributed by atoms with E-state index in [4.69, 9.17) is 9.47 Å². The van der Waals surface area contributed by atoms with Gasteiger partial charge in [-0.15, -0.1) is 0 Å². The lowest BCUT2D eigenvalue weighted by Gasteiger charge is -2.33. The smallest absolute Gasteiger partial charge is 0.254 e. The predicted molar refractivity (Wildman–Crippen MR) is 96.1 cm³/mol. The van der Waals surface area contributed by atoms with Crippen molar-refractivity contribution in [1.82, 2.24) is 10.2 Å². The third kappa shape index (κ3) is 5.11. The number of nitrogens with zero attached hydrogens (tertiary/aromatic N) is 1. The summed E-state index contributed by atoms with van der Waals surface area (Å²) in [4.78, 5) is 26.3. The Morgan fingerprint density at radius 3 is 2.68 bits per heavy atom. The Hall–Kier alpha value is -2.24. The molecule has 25 heavy (non-hydrogen) atoms. The molecule has 0 saturated carbocycles. The van der Waals surface area contributed by atoms with Gasteiger partial charge in [-0.05, 0) is 43.4 Å². The predicted octanol–water partition coefficient (Wildman–Crippen LogP) is 2.47. The largest absolute Gasteiger partial charge is 0.493 e. The zero-order valence-corrected chi connectivity index (χ0v) is 15.3. The van der Waals surface area contributed by atoms with Crippen LogP contribution in [0.4, 0.5) is 0 Å². The van der Waals surface area contributed by atoms with Crippen LogP contribution < -0.4 is 14.8 Å². The molecule has 0 aromatic heterocycles. The molecular formula is C19H28N2O4. The lowest BCUT2D eigenvalue weighted by atomic mass is 9.97. The monoisotopic (exact) mass is 348 g/mol. The number of piperidine rings is 1. The SMILES string of the molecule is CCCC(=O)NC[C@@H]1CCCN(C(=O)c2ccc(OC)c(OC)c2)C1. The van der Waals surface area contributed by atoms with Crippen molar-refractivity contribution in [3.63, 3.8) is 0 Å². The number of likely N-dealkylation sites (tertiary alicyclic amines) is 1. The zero-order valence-electron chi connectivity index (χ0n) is 15.3. The molecule has 1 atom stereocenters. The first-order chi connectivity index (χ1) is 12.1. The van der Waals surface area contributed by atoms with Gasteiger partial charge in [-0.25, -0.2) is 0 Å². The van der Waals surface area contributed by atoms with Crippen LogP contribution in [0.25, 0.3) is 0 Å². The van der Waals surface area contributed by atoms with Gasteiger partial charge in [-0.1, -0.05) is 6.92 Å². The minimum atomic E-state index is -0.00876. The number of rotatable bonds is 7. The first-order valence-electron chi connectivity index (χ1n) is 8.87. The van der Waals surface area contributed by atoms with Crippen LogP contribution in [0.15, 0.2) is 18.2 Å². The van der Waals surface area contributed by atoms with Gasteiger partial charge in [-0.3, -0.25) is 9.59 Å². The number of nitrogens with one attached hydrogen (secondary N) is 1. The molecule has 0 radical (unpaired) electrons. The Balaban J connectivity index is 1.98. The molecule has 6 heteroatoms. The van der Waals surface area contributed by atoms with Gasteiger partial charge in [0, 0.05) is 31.6 Å². The molecule has 0 bridgehead atoms. The maximum Gasteiger partial charge on any atom is 0.254 e. The van der Waals surface area contributed by atoms with Crippen LogP contribution in [0, 0.1) is 5.92 Å². The highest BCUT2D eigenvalue weighted by Crippen LogP contribution is 2.28. The summed E-state index contributed by atoms with van der Waals surface area (Å²) in [6.07, 6.45) is 3.39. The third-order valence-corrected chi connectivity index (χ3v) is 4.50. The molecule has 1 N–H and O–H groups in total. The van der Waals surface area contributed by atoms with E-state index >= 15 is 0 Å². The summed E-state index contributed by atoms with van der Waals surface area (Å²) >= 11 is 0. The van der Waals surface area contributed by atoms with Gasteiger partial charge < -0.3 is 19.7 Å². The van der Waals surface area contributed by atoms with Crippen LogP contribution in [0.5, 0.6) is 11.5 Å². The average molecular weight is 348 g/mol. The number of amides is 2. The molecule has 1 aromatic carbocycles. The molecule has 138 valence electrons. The number of ether oxygens (including phenoxy) is 2. The Morgan fingerprint density at radius 1 is 1.24 bits per heavy atom. The molecular weight excluding hydrogens is 320 g/mol. The molecule has 1 saturated heterocycles. The van der Waals surface area contributed by atoms with E-state index in [0.29, 0.717) is 42.5 Å². The standard InChI is InChI=1S/C19H28N2O4/c1-4-6-18(22)20-12-14-7-5-10-21(13-14)19(23)15-8-9-16(24-2)17(11-15)25-3/h8-9,11,14H,4-7,10,12-13H2,1-3H3,(H,20,22)/t14-/m0/s1. The lowest BCUT2D eigenvalue weighted by Crippen LogP contribution is -2.43. The summed E-state index contributed by atoms with van der Waals surface area (Å²) in [6.45, 7) is 4.03. The van der Waals surface area contributed by atoms with Gasteiger partial charge in [-0.2, -0.15) is 0 Å². The fourth-order valence-corrected chi connectivity index (χ4v) is 3.14. The van der Waals surface area contributed by atoms with E-state index in [9.17, 15) is 9.59 Å². The molecule has 0 aliphatic carbocycles. The maximum absolute atomic E-state index is 12.8. The lowest BCUT2D eigenvalue weighted by molar-refractivity contribution is -0.121. The molecule has 1 fully saturated rings. The average Bonchev–Trinajstić information content (AvgIpc) is 2.65. The summed E-state index contributed by atoms with van der Waals surface area (Å²) in [5.41, 5.74) is 0.591. The van der Waals surface area contributed by atoms with E-state index < -0.39 is 0 Å². The second kappa shape index (κ2) is 9.30. The summed E-state index contributed by atoms with van der Waals surface area (Å²) in [5, 5.41) is 2.97. The molecule has 2 rings (SSSR count). The van der Waals surface area contributed by atoms with Crippen molar-refractivity contribution in [1.29, 1.82) is 0 Å². The summed E-state index contributed by atoms with van der Waals surface area (Å²) in [6, 6.07) is 5.22. The molecule has 1 aliphatic rings. The van der Waals surface area contributed by atoms with E-state index in [0.717, 1.165) is 25.8 Å². The van der Waals surface area contributed by atoms with E-state index in [-0.39, 0.29) is 11.8 Å². The van der Waals surface area contributed by atoms with Crippen LogP contribution in [-0.4, -0.2) is 50.6 Å². The fourth-order valence-electron chi connectivity index (χ4n) is 3.14. The summed E-state index contributed by atoms with van der Waals surface area (Å²) in [7, 11) is 3.13. The number of benzene rings is 1. The van der Waals surface area contributed by atoms with E-state index in [1.165, 1.54) is 0 Å². The van der Waals surface area contributed by atoms with Crippen LogP contribution in [-0.2, 0) is 4.79 Å². The first-order valence-corrected chi connectivity index (χ1v) is 8.87. The van der Waals surface area contributed by atoms with Crippen molar-refractivity contribution >= 4 is 11.8 Å². The summed E-state index contributed by atoms with van der Waals surface area (Å²) < 4.78 is 10.5. The van der Waals surface area contributed by atoms with Crippen molar-refractivity contribution < 1.29 is 19.1 Å². The van der Waals surface area contributed by atoms with Gasteiger partial charge in [0.25, 0.3) is 5.91 Å². The van der Waals surface area contributed by atoms with Gasteiger partial charge in [0.1, 0.15) is 0 Å².